The Bertz CT molecular complexity index is 300. The number of fused-ring (bicyclic) bond motifs is 1. The number of likely N-dealkylation sites (tertiary alicyclic amines) is 1. The quantitative estimate of drug-likeness (QED) is 0.791. The van der Waals surface area contributed by atoms with E-state index in [0.29, 0.717) is 5.41 Å². The van der Waals surface area contributed by atoms with Crippen LogP contribution >= 0.6 is 0 Å². The highest BCUT2D eigenvalue weighted by atomic mass is 15.2. The molecule has 0 amide bonds. The number of nitrogens with one attached hydrogen (secondary N) is 1. The highest BCUT2D eigenvalue weighted by Gasteiger charge is 2.38. The maximum absolute atomic E-state index is 3.77. The average molecular weight is 264 g/mol. The predicted molar refractivity (Wildman–Crippen MR) is 81.4 cm³/mol. The van der Waals surface area contributed by atoms with Crippen LogP contribution in [0.3, 0.4) is 0 Å². The van der Waals surface area contributed by atoms with Crippen molar-refractivity contribution in [1.82, 2.24) is 10.2 Å². The molecule has 1 aliphatic heterocycles. The van der Waals surface area contributed by atoms with E-state index >= 15 is 0 Å². The van der Waals surface area contributed by atoms with Crippen molar-refractivity contribution in [2.45, 2.75) is 77.3 Å². The molecule has 0 bridgehead atoms. The average Bonchev–Trinajstić information content (AvgIpc) is 3.19. The van der Waals surface area contributed by atoms with Gasteiger partial charge in [0.1, 0.15) is 0 Å². The van der Waals surface area contributed by atoms with Crippen molar-refractivity contribution in [3.05, 3.63) is 0 Å². The molecule has 2 saturated carbocycles. The smallest absolute Gasteiger partial charge is 0.0124 e. The van der Waals surface area contributed by atoms with Crippen molar-refractivity contribution in [2.24, 2.45) is 11.3 Å². The van der Waals surface area contributed by atoms with Crippen LogP contribution in [0.2, 0.25) is 0 Å². The molecule has 0 aromatic rings. The molecule has 3 unspecified atom stereocenters. The summed E-state index contributed by atoms with van der Waals surface area (Å²) in [5.74, 6) is 1.03. The molecule has 0 radical (unpaired) electrons. The van der Waals surface area contributed by atoms with Gasteiger partial charge in [0.15, 0.2) is 0 Å². The second-order valence-corrected chi connectivity index (χ2v) is 7.69. The summed E-state index contributed by atoms with van der Waals surface area (Å²) in [6.45, 7) is 8.79. The van der Waals surface area contributed by atoms with E-state index in [1.807, 2.05) is 0 Å². The van der Waals surface area contributed by atoms with E-state index < -0.39 is 0 Å². The molecule has 0 aromatic heterocycles. The van der Waals surface area contributed by atoms with Gasteiger partial charge in [0.2, 0.25) is 0 Å². The van der Waals surface area contributed by atoms with Gasteiger partial charge < -0.3 is 5.32 Å². The van der Waals surface area contributed by atoms with Crippen LogP contribution in [0.25, 0.3) is 0 Å². The lowest BCUT2D eigenvalue weighted by molar-refractivity contribution is 0.114. The third-order valence-corrected chi connectivity index (χ3v) is 5.96. The van der Waals surface area contributed by atoms with E-state index in [-0.39, 0.29) is 0 Å². The van der Waals surface area contributed by atoms with Gasteiger partial charge >= 0.3 is 0 Å². The minimum Gasteiger partial charge on any atom is -0.313 e. The van der Waals surface area contributed by atoms with Crippen LogP contribution in [-0.2, 0) is 0 Å². The molecule has 110 valence electrons. The molecule has 2 heteroatoms. The molecule has 3 atom stereocenters. The van der Waals surface area contributed by atoms with Gasteiger partial charge in [-0.2, -0.15) is 0 Å². The molecule has 1 heterocycles. The Kier molecular flexibility index (Phi) is 4.19. The fraction of sp³-hybridized carbons (Fsp3) is 1.00. The first-order valence-corrected chi connectivity index (χ1v) is 8.68. The SMILES string of the molecule is CCC(C)(CNC1CC1)CN1CCC2CCCCC21. The fourth-order valence-corrected chi connectivity index (χ4v) is 4.16. The van der Waals surface area contributed by atoms with Crippen LogP contribution in [0.1, 0.15) is 65.2 Å². The van der Waals surface area contributed by atoms with E-state index in [9.17, 15) is 0 Å². The summed E-state index contributed by atoms with van der Waals surface area (Å²) in [4.78, 5) is 2.85. The van der Waals surface area contributed by atoms with E-state index in [0.717, 1.165) is 18.0 Å². The summed E-state index contributed by atoms with van der Waals surface area (Å²) in [6.07, 6.45) is 11.5. The second-order valence-electron chi connectivity index (χ2n) is 7.69. The van der Waals surface area contributed by atoms with Crippen LogP contribution in [0.4, 0.5) is 0 Å². The molecule has 1 N–H and O–H groups in total. The fourth-order valence-electron chi connectivity index (χ4n) is 4.16. The standard InChI is InChI=1S/C17H32N2/c1-3-17(2,12-18-15-8-9-15)13-19-11-10-14-6-4-5-7-16(14)19/h14-16,18H,3-13H2,1-2H3. The predicted octanol–water partition coefficient (Wildman–Crippen LogP) is 3.42. The molecule has 3 fully saturated rings. The first kappa shape index (κ1) is 13.9. The number of hydrogen-bond acceptors (Lipinski definition) is 2. The van der Waals surface area contributed by atoms with Gasteiger partial charge in [-0.05, 0) is 56.4 Å². The molecule has 19 heavy (non-hydrogen) atoms. The van der Waals surface area contributed by atoms with E-state index in [1.54, 1.807) is 0 Å². The van der Waals surface area contributed by atoms with E-state index in [1.165, 1.54) is 71.0 Å². The van der Waals surface area contributed by atoms with Crippen molar-refractivity contribution >= 4 is 0 Å². The Morgan fingerprint density at radius 3 is 2.63 bits per heavy atom. The van der Waals surface area contributed by atoms with Gasteiger partial charge in [-0.25, -0.2) is 0 Å². The van der Waals surface area contributed by atoms with Gasteiger partial charge in [-0.15, -0.1) is 0 Å². The first-order valence-electron chi connectivity index (χ1n) is 8.68. The Balaban J connectivity index is 1.55. The normalized spacial score (nSPS) is 35.1. The zero-order chi connectivity index (χ0) is 13.3. The minimum absolute atomic E-state index is 0.481. The van der Waals surface area contributed by atoms with Crippen molar-refractivity contribution in [2.75, 3.05) is 19.6 Å². The van der Waals surface area contributed by atoms with Crippen LogP contribution in [-0.4, -0.2) is 36.6 Å². The number of hydrogen-bond donors (Lipinski definition) is 1. The third-order valence-electron chi connectivity index (χ3n) is 5.96. The molecular formula is C17H32N2. The van der Waals surface area contributed by atoms with Gasteiger partial charge in [0.05, 0.1) is 0 Å². The van der Waals surface area contributed by atoms with Crippen molar-refractivity contribution in [3.8, 4) is 0 Å². The molecule has 0 spiro atoms. The summed E-state index contributed by atoms with van der Waals surface area (Å²) in [6, 6.07) is 1.78. The van der Waals surface area contributed by atoms with E-state index in [4.69, 9.17) is 0 Å². The molecule has 2 aliphatic carbocycles. The van der Waals surface area contributed by atoms with Crippen LogP contribution in [0, 0.1) is 11.3 Å². The Morgan fingerprint density at radius 2 is 1.89 bits per heavy atom. The number of nitrogens with zero attached hydrogens (tertiary/aromatic N) is 1. The largest absolute Gasteiger partial charge is 0.313 e. The lowest BCUT2D eigenvalue weighted by Crippen LogP contribution is -2.45. The van der Waals surface area contributed by atoms with Crippen molar-refractivity contribution < 1.29 is 0 Å². The van der Waals surface area contributed by atoms with Gasteiger partial charge in [0.25, 0.3) is 0 Å². The molecule has 3 rings (SSSR count). The van der Waals surface area contributed by atoms with Crippen molar-refractivity contribution in [3.63, 3.8) is 0 Å². The van der Waals surface area contributed by atoms with Crippen LogP contribution in [0.5, 0.6) is 0 Å². The zero-order valence-electron chi connectivity index (χ0n) is 13.0. The maximum Gasteiger partial charge on any atom is 0.0124 e. The first-order chi connectivity index (χ1) is 9.20. The topological polar surface area (TPSA) is 15.3 Å². The minimum atomic E-state index is 0.481. The maximum atomic E-state index is 3.77. The van der Waals surface area contributed by atoms with Gasteiger partial charge in [-0.3, -0.25) is 4.90 Å². The monoisotopic (exact) mass is 264 g/mol. The summed E-state index contributed by atoms with van der Waals surface area (Å²) >= 11 is 0. The van der Waals surface area contributed by atoms with Crippen LogP contribution < -0.4 is 5.32 Å². The zero-order valence-corrected chi connectivity index (χ0v) is 13.0. The van der Waals surface area contributed by atoms with Gasteiger partial charge in [-0.1, -0.05) is 26.7 Å². The summed E-state index contributed by atoms with van der Waals surface area (Å²) in [5, 5.41) is 3.77. The summed E-state index contributed by atoms with van der Waals surface area (Å²) < 4.78 is 0. The molecule has 1 saturated heterocycles. The number of rotatable bonds is 6. The Morgan fingerprint density at radius 1 is 1.11 bits per heavy atom. The molecular weight excluding hydrogens is 232 g/mol. The lowest BCUT2D eigenvalue weighted by Gasteiger charge is -2.38. The molecule has 0 aromatic carbocycles. The Hall–Kier alpha value is -0.0800. The molecule has 3 aliphatic rings. The molecule has 2 nitrogen and oxygen atoms in total. The van der Waals surface area contributed by atoms with Crippen LogP contribution in [0.15, 0.2) is 0 Å². The summed E-state index contributed by atoms with van der Waals surface area (Å²) in [7, 11) is 0. The third kappa shape index (κ3) is 3.33. The van der Waals surface area contributed by atoms with Gasteiger partial charge in [0, 0.05) is 25.2 Å². The highest BCUT2D eigenvalue weighted by Crippen LogP contribution is 2.38. The lowest BCUT2D eigenvalue weighted by atomic mass is 9.83. The second kappa shape index (κ2) is 5.73. The summed E-state index contributed by atoms with van der Waals surface area (Å²) in [5.41, 5.74) is 0.481. The van der Waals surface area contributed by atoms with Crippen molar-refractivity contribution in [1.29, 1.82) is 0 Å². The van der Waals surface area contributed by atoms with E-state index in [2.05, 4.69) is 24.1 Å². The highest BCUT2D eigenvalue weighted by molar-refractivity contribution is 4.93. The Labute approximate surface area is 119 Å².